The van der Waals surface area contributed by atoms with Gasteiger partial charge in [0.05, 0.1) is 0 Å². The molecule has 1 atom stereocenters. The SMILES string of the molecule is Cc1cc(C(=O)C(C)CCN)cs1. The van der Waals surface area contributed by atoms with Crippen LogP contribution in [-0.2, 0) is 0 Å². The molecule has 0 bridgehead atoms. The normalized spacial score (nSPS) is 12.8. The molecule has 1 rings (SSSR count). The van der Waals surface area contributed by atoms with E-state index in [1.807, 2.05) is 25.3 Å². The molecule has 1 aromatic rings. The largest absolute Gasteiger partial charge is 0.330 e. The molecule has 0 aliphatic heterocycles. The molecule has 72 valence electrons. The minimum atomic E-state index is 0.0546. The third-order valence-electron chi connectivity index (χ3n) is 2.06. The highest BCUT2D eigenvalue weighted by atomic mass is 32.1. The first-order chi connectivity index (χ1) is 6.15. The van der Waals surface area contributed by atoms with Gasteiger partial charge in [0, 0.05) is 21.7 Å². The summed E-state index contributed by atoms with van der Waals surface area (Å²) in [6.45, 7) is 4.52. The Bertz CT molecular complexity index is 293. The summed E-state index contributed by atoms with van der Waals surface area (Å²) in [6, 6.07) is 1.94. The van der Waals surface area contributed by atoms with E-state index in [4.69, 9.17) is 5.73 Å². The maximum atomic E-state index is 11.7. The highest BCUT2D eigenvalue weighted by Gasteiger charge is 2.14. The molecule has 3 heteroatoms. The summed E-state index contributed by atoms with van der Waals surface area (Å²) in [4.78, 5) is 12.9. The lowest BCUT2D eigenvalue weighted by atomic mass is 9.98. The van der Waals surface area contributed by atoms with Crippen LogP contribution < -0.4 is 5.73 Å². The van der Waals surface area contributed by atoms with Gasteiger partial charge in [-0.25, -0.2) is 0 Å². The Labute approximate surface area is 82.8 Å². The summed E-state index contributed by atoms with van der Waals surface area (Å²) in [6.07, 6.45) is 0.772. The molecule has 0 saturated heterocycles. The Kier molecular flexibility index (Phi) is 3.63. The highest BCUT2D eigenvalue weighted by Crippen LogP contribution is 2.17. The fourth-order valence-corrected chi connectivity index (χ4v) is 1.93. The van der Waals surface area contributed by atoms with Gasteiger partial charge in [-0.05, 0) is 26.0 Å². The maximum absolute atomic E-state index is 11.7. The van der Waals surface area contributed by atoms with E-state index in [0.717, 1.165) is 12.0 Å². The molecule has 1 unspecified atom stereocenters. The molecule has 13 heavy (non-hydrogen) atoms. The average molecular weight is 197 g/mol. The van der Waals surface area contributed by atoms with Gasteiger partial charge in [0.2, 0.25) is 0 Å². The predicted octanol–water partition coefficient (Wildman–Crippen LogP) is 2.22. The molecular weight excluding hydrogens is 182 g/mol. The van der Waals surface area contributed by atoms with E-state index in [1.165, 1.54) is 4.88 Å². The summed E-state index contributed by atoms with van der Waals surface area (Å²) in [7, 11) is 0. The fraction of sp³-hybridized carbons (Fsp3) is 0.500. The smallest absolute Gasteiger partial charge is 0.166 e. The quantitative estimate of drug-likeness (QED) is 0.752. The van der Waals surface area contributed by atoms with Crippen LogP contribution in [0.3, 0.4) is 0 Å². The molecule has 0 saturated carbocycles. The number of hydrogen-bond acceptors (Lipinski definition) is 3. The van der Waals surface area contributed by atoms with Crippen LogP contribution in [-0.4, -0.2) is 12.3 Å². The monoisotopic (exact) mass is 197 g/mol. The second-order valence-electron chi connectivity index (χ2n) is 3.29. The van der Waals surface area contributed by atoms with Gasteiger partial charge < -0.3 is 5.73 Å². The molecule has 1 heterocycles. The number of Topliss-reactive ketones (excluding diaryl/α,β-unsaturated/α-hetero) is 1. The van der Waals surface area contributed by atoms with E-state index < -0.39 is 0 Å². The van der Waals surface area contributed by atoms with E-state index in [2.05, 4.69) is 0 Å². The lowest BCUT2D eigenvalue weighted by molar-refractivity contribution is 0.0926. The minimum Gasteiger partial charge on any atom is -0.330 e. The Morgan fingerprint density at radius 1 is 1.69 bits per heavy atom. The van der Waals surface area contributed by atoms with Gasteiger partial charge in [-0.2, -0.15) is 0 Å². The van der Waals surface area contributed by atoms with Crippen LogP contribution in [0.15, 0.2) is 11.4 Å². The number of carbonyl (C=O) groups is 1. The Morgan fingerprint density at radius 2 is 2.38 bits per heavy atom. The fourth-order valence-electron chi connectivity index (χ4n) is 1.24. The zero-order valence-electron chi connectivity index (χ0n) is 8.04. The molecule has 0 aromatic carbocycles. The van der Waals surface area contributed by atoms with Gasteiger partial charge in [-0.15, -0.1) is 11.3 Å². The van der Waals surface area contributed by atoms with Crippen molar-refractivity contribution >= 4 is 17.1 Å². The Hall–Kier alpha value is -0.670. The summed E-state index contributed by atoms with van der Waals surface area (Å²) < 4.78 is 0. The van der Waals surface area contributed by atoms with Crippen LogP contribution in [0.5, 0.6) is 0 Å². The number of hydrogen-bond donors (Lipinski definition) is 1. The molecule has 0 spiro atoms. The lowest BCUT2D eigenvalue weighted by Crippen LogP contribution is -2.14. The van der Waals surface area contributed by atoms with Crippen molar-refractivity contribution in [2.75, 3.05) is 6.54 Å². The zero-order valence-corrected chi connectivity index (χ0v) is 8.86. The average Bonchev–Trinajstić information content (AvgIpc) is 2.51. The minimum absolute atomic E-state index is 0.0546. The molecule has 1 aromatic heterocycles. The molecule has 0 aliphatic rings. The second-order valence-corrected chi connectivity index (χ2v) is 4.40. The van der Waals surface area contributed by atoms with E-state index in [0.29, 0.717) is 6.54 Å². The first-order valence-corrected chi connectivity index (χ1v) is 5.32. The van der Waals surface area contributed by atoms with Crippen molar-refractivity contribution in [3.05, 3.63) is 21.9 Å². The van der Waals surface area contributed by atoms with Gasteiger partial charge in [0.1, 0.15) is 0 Å². The van der Waals surface area contributed by atoms with Crippen molar-refractivity contribution in [2.45, 2.75) is 20.3 Å². The Balaban J connectivity index is 2.67. The summed E-state index contributed by atoms with van der Waals surface area (Å²) in [5, 5.41) is 1.92. The summed E-state index contributed by atoms with van der Waals surface area (Å²) >= 11 is 1.62. The standard InChI is InChI=1S/C10H15NOS/c1-7(3-4-11)10(12)9-5-8(2)13-6-9/h5-7H,3-4,11H2,1-2H3. The second kappa shape index (κ2) is 4.53. The Morgan fingerprint density at radius 3 is 2.85 bits per heavy atom. The number of ketones is 1. The van der Waals surface area contributed by atoms with Crippen LogP contribution in [0.4, 0.5) is 0 Å². The maximum Gasteiger partial charge on any atom is 0.166 e. The van der Waals surface area contributed by atoms with Gasteiger partial charge in [-0.3, -0.25) is 4.79 Å². The number of nitrogens with two attached hydrogens (primary N) is 1. The summed E-state index contributed by atoms with van der Waals surface area (Å²) in [5.74, 6) is 0.272. The van der Waals surface area contributed by atoms with Crippen molar-refractivity contribution in [3.63, 3.8) is 0 Å². The van der Waals surface area contributed by atoms with E-state index in [-0.39, 0.29) is 11.7 Å². The summed E-state index contributed by atoms with van der Waals surface area (Å²) in [5.41, 5.74) is 6.24. The zero-order chi connectivity index (χ0) is 9.84. The molecule has 2 nitrogen and oxygen atoms in total. The molecular formula is C10H15NOS. The molecule has 0 aliphatic carbocycles. The third kappa shape index (κ3) is 2.64. The van der Waals surface area contributed by atoms with Crippen molar-refractivity contribution < 1.29 is 4.79 Å². The number of rotatable bonds is 4. The van der Waals surface area contributed by atoms with Crippen LogP contribution in [0.25, 0.3) is 0 Å². The first-order valence-electron chi connectivity index (χ1n) is 4.44. The third-order valence-corrected chi connectivity index (χ3v) is 2.92. The number of carbonyl (C=O) groups excluding carboxylic acids is 1. The predicted molar refractivity (Wildman–Crippen MR) is 56.2 cm³/mol. The number of aryl methyl sites for hydroxylation is 1. The van der Waals surface area contributed by atoms with Gasteiger partial charge in [0.15, 0.2) is 5.78 Å². The highest BCUT2D eigenvalue weighted by molar-refractivity contribution is 7.10. The van der Waals surface area contributed by atoms with Crippen molar-refractivity contribution in [1.29, 1.82) is 0 Å². The van der Waals surface area contributed by atoms with Crippen LogP contribution in [0, 0.1) is 12.8 Å². The van der Waals surface area contributed by atoms with Crippen molar-refractivity contribution in [2.24, 2.45) is 11.7 Å². The van der Waals surface area contributed by atoms with Crippen molar-refractivity contribution in [1.82, 2.24) is 0 Å². The van der Waals surface area contributed by atoms with E-state index >= 15 is 0 Å². The van der Waals surface area contributed by atoms with Crippen LogP contribution >= 0.6 is 11.3 Å². The lowest BCUT2D eigenvalue weighted by Gasteiger charge is -2.06. The molecule has 0 radical (unpaired) electrons. The first kappa shape index (κ1) is 10.4. The number of thiophene rings is 1. The topological polar surface area (TPSA) is 43.1 Å². The van der Waals surface area contributed by atoms with E-state index in [9.17, 15) is 4.79 Å². The van der Waals surface area contributed by atoms with Crippen LogP contribution in [0.2, 0.25) is 0 Å². The molecule has 2 N–H and O–H groups in total. The van der Waals surface area contributed by atoms with Gasteiger partial charge in [-0.1, -0.05) is 6.92 Å². The van der Waals surface area contributed by atoms with Gasteiger partial charge >= 0.3 is 0 Å². The molecule has 0 amide bonds. The molecule has 0 fully saturated rings. The van der Waals surface area contributed by atoms with E-state index in [1.54, 1.807) is 11.3 Å². The van der Waals surface area contributed by atoms with Crippen LogP contribution in [0.1, 0.15) is 28.6 Å². The van der Waals surface area contributed by atoms with Gasteiger partial charge in [0.25, 0.3) is 0 Å². The van der Waals surface area contributed by atoms with Crippen molar-refractivity contribution in [3.8, 4) is 0 Å².